The highest BCUT2D eigenvalue weighted by Gasteiger charge is 2.19. The third kappa shape index (κ3) is 2.51. The van der Waals surface area contributed by atoms with Gasteiger partial charge in [0.1, 0.15) is 18.9 Å². The number of hydrogen-bond acceptors (Lipinski definition) is 4. The monoisotopic (exact) mass is 323 g/mol. The van der Waals surface area contributed by atoms with Crippen LogP contribution in [-0.4, -0.2) is 41.6 Å². The van der Waals surface area contributed by atoms with Crippen molar-refractivity contribution in [2.24, 2.45) is 0 Å². The molecular weight excluding hydrogens is 302 g/mol. The maximum atomic E-state index is 5.73. The largest absolute Gasteiger partial charge is 0.486 e. The molecule has 0 saturated carbocycles. The number of aromatic nitrogens is 2. The second-order valence-electron chi connectivity index (χ2n) is 6.39. The third-order valence-corrected chi connectivity index (χ3v) is 4.23. The van der Waals surface area contributed by atoms with Gasteiger partial charge in [0, 0.05) is 18.3 Å². The molecule has 0 amide bonds. The minimum atomic E-state index is 0.589. The molecule has 5 nitrogen and oxygen atoms in total. The van der Waals surface area contributed by atoms with Crippen LogP contribution >= 0.6 is 0 Å². The van der Waals surface area contributed by atoms with Crippen LogP contribution in [0.25, 0.3) is 16.9 Å². The lowest BCUT2D eigenvalue weighted by molar-refractivity contribution is 0.171. The van der Waals surface area contributed by atoms with Crippen molar-refractivity contribution in [1.82, 2.24) is 14.3 Å². The Hall–Kier alpha value is -2.53. The van der Waals surface area contributed by atoms with Crippen molar-refractivity contribution in [2.45, 2.75) is 13.5 Å². The van der Waals surface area contributed by atoms with E-state index < -0.39 is 0 Å². The van der Waals surface area contributed by atoms with Crippen molar-refractivity contribution in [2.75, 3.05) is 27.3 Å². The summed E-state index contributed by atoms with van der Waals surface area (Å²) >= 11 is 0. The van der Waals surface area contributed by atoms with Gasteiger partial charge in [0.05, 0.1) is 11.4 Å². The summed E-state index contributed by atoms with van der Waals surface area (Å²) in [5.74, 6) is 1.60. The van der Waals surface area contributed by atoms with Gasteiger partial charge in [0.15, 0.2) is 11.5 Å². The number of pyridine rings is 1. The van der Waals surface area contributed by atoms with E-state index in [1.807, 2.05) is 12.1 Å². The Balaban J connectivity index is 1.90. The Bertz CT molecular complexity index is 899. The highest BCUT2D eigenvalue weighted by atomic mass is 16.6. The van der Waals surface area contributed by atoms with E-state index in [1.54, 1.807) is 0 Å². The van der Waals surface area contributed by atoms with Crippen LogP contribution in [0.1, 0.15) is 11.3 Å². The number of hydrogen-bond donors (Lipinski definition) is 0. The normalized spacial score (nSPS) is 13.7. The van der Waals surface area contributed by atoms with Crippen LogP contribution in [0.3, 0.4) is 0 Å². The standard InChI is InChI=1S/C19H21N3O2/c1-13-5-4-8-22-15(12-21(2)3)18(20-19(13)22)14-6-7-16-17(11-14)24-10-9-23-16/h4-8,11H,9-10,12H2,1-3H3. The molecule has 5 heteroatoms. The van der Waals surface area contributed by atoms with Crippen LogP contribution in [0.5, 0.6) is 11.5 Å². The summed E-state index contributed by atoms with van der Waals surface area (Å²) in [5.41, 5.74) is 5.39. The number of fused-ring (bicyclic) bond motifs is 2. The lowest BCUT2D eigenvalue weighted by atomic mass is 10.1. The average Bonchev–Trinajstić information content (AvgIpc) is 2.94. The predicted molar refractivity (Wildman–Crippen MR) is 93.7 cm³/mol. The van der Waals surface area contributed by atoms with E-state index in [1.165, 1.54) is 11.3 Å². The molecule has 1 aliphatic rings. The SMILES string of the molecule is Cc1cccn2c(CN(C)C)c(-c3ccc4c(c3)OCCO4)nc12. The van der Waals surface area contributed by atoms with E-state index in [2.05, 4.69) is 54.7 Å². The summed E-state index contributed by atoms with van der Waals surface area (Å²) in [5, 5.41) is 0. The summed E-state index contributed by atoms with van der Waals surface area (Å²) in [6.45, 7) is 4.10. The Kier molecular flexibility index (Phi) is 3.65. The fourth-order valence-corrected chi connectivity index (χ4v) is 3.13. The molecule has 124 valence electrons. The van der Waals surface area contributed by atoms with Gasteiger partial charge in [-0.25, -0.2) is 4.98 Å². The number of benzene rings is 1. The molecule has 0 spiro atoms. The molecule has 0 atom stereocenters. The maximum absolute atomic E-state index is 5.73. The van der Waals surface area contributed by atoms with Crippen LogP contribution in [0, 0.1) is 6.92 Å². The molecule has 1 aliphatic heterocycles. The van der Waals surface area contributed by atoms with Crippen LogP contribution in [0.4, 0.5) is 0 Å². The Morgan fingerprint density at radius 2 is 1.92 bits per heavy atom. The summed E-state index contributed by atoms with van der Waals surface area (Å²) in [4.78, 5) is 7.08. The molecule has 0 radical (unpaired) electrons. The highest BCUT2D eigenvalue weighted by molar-refractivity contribution is 5.70. The molecule has 3 aromatic rings. The number of rotatable bonds is 3. The summed E-state index contributed by atoms with van der Waals surface area (Å²) < 4.78 is 13.5. The van der Waals surface area contributed by atoms with Gasteiger partial charge in [-0.1, -0.05) is 6.07 Å². The number of imidazole rings is 1. The van der Waals surface area contributed by atoms with Gasteiger partial charge in [-0.3, -0.25) is 0 Å². The number of nitrogens with zero attached hydrogens (tertiary/aromatic N) is 3. The smallest absolute Gasteiger partial charge is 0.162 e. The van der Waals surface area contributed by atoms with Crippen molar-refractivity contribution in [3.8, 4) is 22.8 Å². The molecule has 0 aliphatic carbocycles. The predicted octanol–water partition coefficient (Wildman–Crippen LogP) is 3.14. The Morgan fingerprint density at radius 3 is 2.71 bits per heavy atom. The van der Waals surface area contributed by atoms with Crippen molar-refractivity contribution in [3.63, 3.8) is 0 Å². The molecule has 2 aromatic heterocycles. The highest BCUT2D eigenvalue weighted by Crippen LogP contribution is 2.36. The third-order valence-electron chi connectivity index (χ3n) is 4.23. The molecule has 0 unspecified atom stereocenters. The molecule has 0 N–H and O–H groups in total. The van der Waals surface area contributed by atoms with Crippen molar-refractivity contribution >= 4 is 5.65 Å². The quantitative estimate of drug-likeness (QED) is 0.742. The van der Waals surface area contributed by atoms with Crippen LogP contribution in [0.15, 0.2) is 36.5 Å². The topological polar surface area (TPSA) is 39.0 Å². The maximum Gasteiger partial charge on any atom is 0.162 e. The molecule has 1 aromatic carbocycles. The molecule has 4 rings (SSSR count). The minimum absolute atomic E-state index is 0.589. The second-order valence-corrected chi connectivity index (χ2v) is 6.39. The zero-order valence-electron chi connectivity index (χ0n) is 14.2. The van der Waals surface area contributed by atoms with E-state index in [0.717, 1.165) is 34.9 Å². The lowest BCUT2D eigenvalue weighted by Gasteiger charge is -2.19. The van der Waals surface area contributed by atoms with Gasteiger partial charge < -0.3 is 18.8 Å². The summed E-state index contributed by atoms with van der Waals surface area (Å²) in [6.07, 6.45) is 2.08. The van der Waals surface area contributed by atoms with E-state index in [9.17, 15) is 0 Å². The van der Waals surface area contributed by atoms with E-state index in [0.29, 0.717) is 13.2 Å². The van der Waals surface area contributed by atoms with E-state index in [4.69, 9.17) is 14.5 Å². The van der Waals surface area contributed by atoms with Crippen LogP contribution < -0.4 is 9.47 Å². The number of ether oxygens (including phenoxy) is 2. The molecular formula is C19H21N3O2. The van der Waals surface area contributed by atoms with Crippen molar-refractivity contribution in [3.05, 3.63) is 47.8 Å². The fourth-order valence-electron chi connectivity index (χ4n) is 3.13. The second kappa shape index (κ2) is 5.83. The molecule has 0 saturated heterocycles. The Morgan fingerprint density at radius 1 is 1.12 bits per heavy atom. The van der Waals surface area contributed by atoms with Crippen molar-refractivity contribution < 1.29 is 9.47 Å². The first-order valence-corrected chi connectivity index (χ1v) is 8.15. The zero-order chi connectivity index (χ0) is 16.7. The first kappa shape index (κ1) is 15.0. The molecule has 0 bridgehead atoms. The molecule has 24 heavy (non-hydrogen) atoms. The summed E-state index contributed by atoms with van der Waals surface area (Å²) in [7, 11) is 4.14. The summed E-state index contributed by atoms with van der Waals surface area (Å²) in [6, 6.07) is 10.2. The van der Waals surface area contributed by atoms with Crippen LogP contribution in [-0.2, 0) is 6.54 Å². The van der Waals surface area contributed by atoms with E-state index >= 15 is 0 Å². The molecule has 0 fully saturated rings. The van der Waals surface area contributed by atoms with Gasteiger partial charge in [0.2, 0.25) is 0 Å². The lowest BCUT2D eigenvalue weighted by Crippen LogP contribution is -2.15. The van der Waals surface area contributed by atoms with Gasteiger partial charge in [-0.2, -0.15) is 0 Å². The van der Waals surface area contributed by atoms with Crippen LogP contribution in [0.2, 0.25) is 0 Å². The van der Waals surface area contributed by atoms with Gasteiger partial charge >= 0.3 is 0 Å². The zero-order valence-corrected chi connectivity index (χ0v) is 14.2. The number of aryl methyl sites for hydroxylation is 1. The van der Waals surface area contributed by atoms with Gasteiger partial charge in [-0.05, 0) is 50.8 Å². The van der Waals surface area contributed by atoms with Gasteiger partial charge in [0.25, 0.3) is 0 Å². The van der Waals surface area contributed by atoms with E-state index in [-0.39, 0.29) is 0 Å². The average molecular weight is 323 g/mol. The van der Waals surface area contributed by atoms with Crippen molar-refractivity contribution in [1.29, 1.82) is 0 Å². The first-order chi connectivity index (χ1) is 11.6. The molecule has 3 heterocycles. The Labute approximate surface area is 141 Å². The minimum Gasteiger partial charge on any atom is -0.486 e. The first-order valence-electron chi connectivity index (χ1n) is 8.15. The van der Waals surface area contributed by atoms with Gasteiger partial charge in [-0.15, -0.1) is 0 Å². The fraction of sp³-hybridized carbons (Fsp3) is 0.316.